The Kier molecular flexibility index (Phi) is 12.7. The SMILES string of the molecule is CO[C@@H](CC(=O)[O-])C[C@H](O)CCn1c(-c2ccc(F)cc2)c(-c2ccccc2)c(C(=O)Nc2ccccc2)c1C(C)C.[Na+]. The number of carbonyl (C=O) groups is 2. The van der Waals surface area contributed by atoms with E-state index in [2.05, 4.69) is 5.32 Å². The van der Waals surface area contributed by atoms with Crippen molar-refractivity contribution in [3.05, 3.63) is 102 Å². The summed E-state index contributed by atoms with van der Waals surface area (Å²) >= 11 is 0. The van der Waals surface area contributed by atoms with Crippen LogP contribution < -0.4 is 40.0 Å². The molecule has 0 radical (unpaired) electrons. The molecular weight excluding hydrogens is 558 g/mol. The van der Waals surface area contributed by atoms with E-state index in [4.69, 9.17) is 4.74 Å². The van der Waals surface area contributed by atoms with Crippen LogP contribution in [0.2, 0.25) is 0 Å². The van der Waals surface area contributed by atoms with Crippen LogP contribution in [0.15, 0.2) is 84.9 Å². The monoisotopic (exact) mass is 594 g/mol. The second-order valence-corrected chi connectivity index (χ2v) is 10.6. The van der Waals surface area contributed by atoms with Crippen LogP contribution in [0.5, 0.6) is 0 Å². The van der Waals surface area contributed by atoms with Gasteiger partial charge in [-0.25, -0.2) is 4.39 Å². The van der Waals surface area contributed by atoms with Crippen LogP contribution in [-0.4, -0.2) is 40.9 Å². The number of nitrogens with zero attached hydrogens (tertiary/aromatic N) is 1. The zero-order valence-electron chi connectivity index (χ0n) is 25.0. The number of hydrogen-bond donors (Lipinski definition) is 2. The van der Waals surface area contributed by atoms with Crippen LogP contribution in [-0.2, 0) is 16.1 Å². The van der Waals surface area contributed by atoms with Crippen molar-refractivity contribution in [2.45, 2.75) is 57.8 Å². The fourth-order valence-corrected chi connectivity index (χ4v) is 5.36. The van der Waals surface area contributed by atoms with Gasteiger partial charge < -0.3 is 29.6 Å². The Morgan fingerprint density at radius 1 is 0.953 bits per heavy atom. The molecule has 4 aromatic rings. The van der Waals surface area contributed by atoms with Gasteiger partial charge in [0.2, 0.25) is 0 Å². The quantitative estimate of drug-likeness (QED) is 0.232. The van der Waals surface area contributed by atoms with Gasteiger partial charge in [0.05, 0.1) is 23.5 Å². The fourth-order valence-electron chi connectivity index (χ4n) is 5.36. The second kappa shape index (κ2) is 16.0. The van der Waals surface area contributed by atoms with Crippen molar-refractivity contribution in [2.24, 2.45) is 0 Å². The van der Waals surface area contributed by atoms with Gasteiger partial charge in [0, 0.05) is 43.0 Å². The number of benzene rings is 3. The van der Waals surface area contributed by atoms with Gasteiger partial charge in [0.15, 0.2) is 0 Å². The number of aliphatic carboxylic acids is 1. The summed E-state index contributed by atoms with van der Waals surface area (Å²) in [7, 11) is 1.40. The standard InChI is InChI=1S/C34H37FN2O5.Na/c1-22(2)32-31(34(41)36-26-12-8-5-9-13-26)30(23-10-6-4-7-11-23)33(24-14-16-25(35)17-15-24)37(32)19-18-27(38)20-28(42-3)21-29(39)40;/h4-17,22,27-28,38H,18-21H2,1-3H3,(H,36,41)(H,39,40);/q;+1/p-1/t27-,28-;/m1./s1. The van der Waals surface area contributed by atoms with Crippen molar-refractivity contribution in [1.29, 1.82) is 0 Å². The van der Waals surface area contributed by atoms with Gasteiger partial charge >= 0.3 is 29.6 Å². The first-order valence-electron chi connectivity index (χ1n) is 14.0. The van der Waals surface area contributed by atoms with E-state index < -0.39 is 18.2 Å². The maximum absolute atomic E-state index is 14.1. The molecule has 0 bridgehead atoms. The number of para-hydroxylation sites is 1. The summed E-state index contributed by atoms with van der Waals surface area (Å²) in [5.74, 6) is -2.00. The minimum Gasteiger partial charge on any atom is -0.550 e. The largest absolute Gasteiger partial charge is 1.00 e. The number of hydrogen-bond acceptors (Lipinski definition) is 5. The van der Waals surface area contributed by atoms with E-state index in [1.54, 1.807) is 12.1 Å². The van der Waals surface area contributed by atoms with Crippen molar-refractivity contribution < 1.29 is 58.5 Å². The molecule has 4 rings (SSSR count). The molecule has 9 heteroatoms. The van der Waals surface area contributed by atoms with Crippen LogP contribution in [0.25, 0.3) is 22.4 Å². The number of nitrogens with one attached hydrogen (secondary N) is 1. The number of aromatic nitrogens is 1. The second-order valence-electron chi connectivity index (χ2n) is 10.6. The molecule has 43 heavy (non-hydrogen) atoms. The predicted octanol–water partition coefficient (Wildman–Crippen LogP) is 2.64. The molecular formula is C34H36FN2NaO5. The molecule has 0 fully saturated rings. The summed E-state index contributed by atoms with van der Waals surface area (Å²) in [6, 6.07) is 25.0. The Labute approximate surface area is 274 Å². The molecule has 220 valence electrons. The molecule has 2 N–H and O–H groups in total. The average Bonchev–Trinajstić information content (AvgIpc) is 3.32. The first-order chi connectivity index (χ1) is 20.2. The molecule has 0 aliphatic heterocycles. The Morgan fingerprint density at radius 2 is 1.56 bits per heavy atom. The van der Waals surface area contributed by atoms with E-state index >= 15 is 0 Å². The topological polar surface area (TPSA) is 104 Å². The molecule has 7 nitrogen and oxygen atoms in total. The van der Waals surface area contributed by atoms with Crippen molar-refractivity contribution in [1.82, 2.24) is 4.57 Å². The number of carboxylic acids is 1. The maximum atomic E-state index is 14.1. The molecule has 0 aliphatic carbocycles. The molecule has 0 unspecified atom stereocenters. The number of amides is 1. The third-order valence-electron chi connectivity index (χ3n) is 7.24. The maximum Gasteiger partial charge on any atom is 1.00 e. The fraction of sp³-hybridized carbons (Fsp3) is 0.294. The molecule has 2 atom stereocenters. The Hall–Kier alpha value is -3.27. The molecule has 1 heterocycles. The van der Waals surface area contributed by atoms with Crippen LogP contribution in [0.1, 0.15) is 55.1 Å². The Bertz CT molecular complexity index is 1490. The summed E-state index contributed by atoms with van der Waals surface area (Å²) in [4.78, 5) is 25.2. The molecule has 3 aromatic carbocycles. The van der Waals surface area contributed by atoms with Crippen molar-refractivity contribution in [3.8, 4) is 22.4 Å². The Balaban J connectivity index is 0.00000506. The van der Waals surface area contributed by atoms with E-state index in [-0.39, 0.29) is 66.5 Å². The number of anilines is 1. The molecule has 0 spiro atoms. The van der Waals surface area contributed by atoms with E-state index in [0.717, 1.165) is 22.5 Å². The first-order valence-corrected chi connectivity index (χ1v) is 14.0. The van der Waals surface area contributed by atoms with Gasteiger partial charge in [-0.05, 0) is 66.3 Å². The first kappa shape index (κ1) is 34.2. The number of methoxy groups -OCH3 is 1. The third kappa shape index (κ3) is 8.65. The molecule has 1 amide bonds. The third-order valence-corrected chi connectivity index (χ3v) is 7.24. The average molecular weight is 595 g/mol. The van der Waals surface area contributed by atoms with Gasteiger partial charge in [-0.2, -0.15) is 0 Å². The van der Waals surface area contributed by atoms with Crippen LogP contribution in [0, 0.1) is 5.82 Å². The van der Waals surface area contributed by atoms with Gasteiger partial charge in [0.25, 0.3) is 5.91 Å². The van der Waals surface area contributed by atoms with Crippen LogP contribution in [0.4, 0.5) is 10.1 Å². The molecule has 0 aliphatic rings. The normalized spacial score (nSPS) is 12.4. The smallest absolute Gasteiger partial charge is 0.550 e. The zero-order valence-corrected chi connectivity index (χ0v) is 27.0. The van der Waals surface area contributed by atoms with Crippen molar-refractivity contribution in [2.75, 3.05) is 12.4 Å². The van der Waals surface area contributed by atoms with Gasteiger partial charge in [-0.3, -0.25) is 4.79 Å². The van der Waals surface area contributed by atoms with Crippen LogP contribution >= 0.6 is 0 Å². The number of halogens is 1. The summed E-state index contributed by atoms with van der Waals surface area (Å²) in [6.07, 6.45) is -1.51. The minimum atomic E-state index is -1.25. The molecule has 1 aromatic heterocycles. The molecule has 0 saturated carbocycles. The van der Waals surface area contributed by atoms with Crippen molar-refractivity contribution >= 4 is 17.6 Å². The number of rotatable bonds is 13. The number of ether oxygens (including phenoxy) is 1. The Morgan fingerprint density at radius 3 is 2.12 bits per heavy atom. The van der Waals surface area contributed by atoms with Gasteiger partial charge in [-0.1, -0.05) is 62.4 Å². The summed E-state index contributed by atoms with van der Waals surface area (Å²) in [5.41, 5.74) is 4.91. The van der Waals surface area contributed by atoms with E-state index in [9.17, 15) is 24.2 Å². The summed E-state index contributed by atoms with van der Waals surface area (Å²) in [5, 5.41) is 25.1. The number of carbonyl (C=O) groups excluding carboxylic acids is 2. The van der Waals surface area contributed by atoms with Crippen LogP contribution in [0.3, 0.4) is 0 Å². The van der Waals surface area contributed by atoms with E-state index in [1.807, 2.05) is 79.1 Å². The molecule has 0 saturated heterocycles. The van der Waals surface area contributed by atoms with Gasteiger partial charge in [-0.15, -0.1) is 0 Å². The number of aliphatic hydroxyl groups is 1. The summed E-state index contributed by atoms with van der Waals surface area (Å²) in [6.45, 7) is 4.33. The predicted molar refractivity (Wildman–Crippen MR) is 159 cm³/mol. The van der Waals surface area contributed by atoms with E-state index in [1.165, 1.54) is 19.2 Å². The van der Waals surface area contributed by atoms with Gasteiger partial charge in [0.1, 0.15) is 5.82 Å². The summed E-state index contributed by atoms with van der Waals surface area (Å²) < 4.78 is 21.3. The van der Waals surface area contributed by atoms with Crippen molar-refractivity contribution in [3.63, 3.8) is 0 Å². The number of carboxylic acid groups (broad SMARTS) is 1. The minimum absolute atomic E-state index is 0. The zero-order chi connectivity index (χ0) is 30.2. The number of aliphatic hydroxyl groups excluding tert-OH is 1. The van der Waals surface area contributed by atoms with E-state index in [0.29, 0.717) is 23.4 Å².